The van der Waals surface area contributed by atoms with Crippen LogP contribution in [0.25, 0.3) is 0 Å². The predicted molar refractivity (Wildman–Crippen MR) is 76.7 cm³/mol. The molecular formula is C14H13FN2O3S. The first-order chi connectivity index (χ1) is 9.79. The molecule has 0 atom stereocenters. The largest absolute Gasteiger partial charge is 0.398 e. The zero-order chi connectivity index (χ0) is 15.6. The van der Waals surface area contributed by atoms with Gasteiger partial charge in [-0.3, -0.25) is 4.79 Å². The second kappa shape index (κ2) is 5.53. The van der Waals surface area contributed by atoms with E-state index in [1.807, 2.05) is 0 Å². The fraction of sp³-hybridized carbons (Fsp3) is 0.0714. The number of carbonyl (C=O) groups is 1. The lowest BCUT2D eigenvalue weighted by atomic mass is 10.1. The molecule has 0 saturated heterocycles. The summed E-state index contributed by atoms with van der Waals surface area (Å²) < 4.78 is 37.7. The van der Waals surface area contributed by atoms with Crippen LogP contribution in [-0.2, 0) is 15.6 Å². The monoisotopic (exact) mass is 308 g/mol. The van der Waals surface area contributed by atoms with Gasteiger partial charge in [-0.1, -0.05) is 12.1 Å². The summed E-state index contributed by atoms with van der Waals surface area (Å²) in [6, 6.07) is 9.02. The molecule has 1 amide bonds. The molecule has 0 aliphatic heterocycles. The molecule has 110 valence electrons. The van der Waals surface area contributed by atoms with Crippen molar-refractivity contribution in [1.82, 2.24) is 0 Å². The number of hydrogen-bond donors (Lipinski definition) is 2. The first kappa shape index (κ1) is 15.0. The summed E-state index contributed by atoms with van der Waals surface area (Å²) in [7, 11) is -3.78. The van der Waals surface area contributed by atoms with Crippen molar-refractivity contribution >= 4 is 21.4 Å². The smallest absolute Gasteiger partial charge is 0.248 e. The number of nitrogen functional groups attached to an aromatic ring is 1. The van der Waals surface area contributed by atoms with Gasteiger partial charge in [-0.15, -0.1) is 0 Å². The van der Waals surface area contributed by atoms with Crippen LogP contribution in [0.2, 0.25) is 0 Å². The molecule has 5 nitrogen and oxygen atoms in total. The molecule has 2 aromatic carbocycles. The fourth-order valence-corrected chi connectivity index (χ4v) is 3.35. The van der Waals surface area contributed by atoms with Crippen LogP contribution >= 0.6 is 0 Å². The van der Waals surface area contributed by atoms with E-state index in [1.54, 1.807) is 0 Å². The van der Waals surface area contributed by atoms with Gasteiger partial charge in [0.25, 0.3) is 0 Å². The van der Waals surface area contributed by atoms with E-state index in [1.165, 1.54) is 30.3 Å². The number of rotatable bonds is 4. The lowest BCUT2D eigenvalue weighted by Crippen LogP contribution is -2.11. The molecule has 0 unspecified atom stereocenters. The lowest BCUT2D eigenvalue weighted by Gasteiger charge is -2.08. The summed E-state index contributed by atoms with van der Waals surface area (Å²) in [4.78, 5) is 10.7. The zero-order valence-corrected chi connectivity index (χ0v) is 11.7. The molecule has 0 spiro atoms. The molecule has 0 bridgehead atoms. The topological polar surface area (TPSA) is 103 Å². The first-order valence-corrected chi connectivity index (χ1v) is 7.61. The highest BCUT2D eigenvalue weighted by Gasteiger charge is 2.19. The number of sulfone groups is 1. The Morgan fingerprint density at radius 3 is 2.29 bits per heavy atom. The van der Waals surface area contributed by atoms with E-state index >= 15 is 0 Å². The maximum absolute atomic E-state index is 13.2. The molecule has 0 heterocycles. The summed E-state index contributed by atoms with van der Waals surface area (Å²) >= 11 is 0. The molecule has 0 aliphatic carbocycles. The highest BCUT2D eigenvalue weighted by Crippen LogP contribution is 2.23. The van der Waals surface area contributed by atoms with E-state index in [4.69, 9.17) is 11.5 Å². The molecule has 4 N–H and O–H groups in total. The Labute approximate surface area is 121 Å². The Balaban J connectivity index is 2.33. The molecule has 21 heavy (non-hydrogen) atoms. The van der Waals surface area contributed by atoms with Crippen molar-refractivity contribution < 1.29 is 17.6 Å². The minimum absolute atomic E-state index is 0.00911. The molecular weight excluding hydrogens is 295 g/mol. The number of anilines is 1. The molecule has 7 heteroatoms. The molecule has 0 aliphatic rings. The third-order valence-corrected chi connectivity index (χ3v) is 4.64. The van der Waals surface area contributed by atoms with Gasteiger partial charge in [0.1, 0.15) is 5.82 Å². The highest BCUT2D eigenvalue weighted by molar-refractivity contribution is 7.90. The van der Waals surface area contributed by atoms with Gasteiger partial charge in [-0.05, 0) is 35.9 Å². The number of halogens is 1. The SMILES string of the molecule is NC(=O)c1ccc(CS(=O)(=O)c2cc(F)ccc2N)cc1. The van der Waals surface area contributed by atoms with Crippen LogP contribution < -0.4 is 11.5 Å². The van der Waals surface area contributed by atoms with Gasteiger partial charge in [-0.25, -0.2) is 12.8 Å². The van der Waals surface area contributed by atoms with Gasteiger partial charge in [0.2, 0.25) is 5.91 Å². The quantitative estimate of drug-likeness (QED) is 0.835. The summed E-state index contributed by atoms with van der Waals surface area (Å²) in [6.45, 7) is 0. The number of primary amides is 1. The first-order valence-electron chi connectivity index (χ1n) is 5.96. The van der Waals surface area contributed by atoms with Gasteiger partial charge in [0.05, 0.1) is 16.3 Å². The number of amides is 1. The van der Waals surface area contributed by atoms with Crippen molar-refractivity contribution in [2.75, 3.05) is 5.73 Å². The second-order valence-electron chi connectivity index (χ2n) is 4.50. The summed E-state index contributed by atoms with van der Waals surface area (Å²) in [5.74, 6) is -1.62. The van der Waals surface area contributed by atoms with Gasteiger partial charge < -0.3 is 11.5 Å². The normalized spacial score (nSPS) is 11.3. The number of hydrogen-bond acceptors (Lipinski definition) is 4. The van der Waals surface area contributed by atoms with Gasteiger partial charge in [0.15, 0.2) is 9.84 Å². The van der Waals surface area contributed by atoms with E-state index < -0.39 is 21.6 Å². The van der Waals surface area contributed by atoms with Crippen LogP contribution in [0.1, 0.15) is 15.9 Å². The number of nitrogens with two attached hydrogens (primary N) is 2. The maximum Gasteiger partial charge on any atom is 0.248 e. The van der Waals surface area contributed by atoms with E-state index in [-0.39, 0.29) is 21.9 Å². The zero-order valence-electron chi connectivity index (χ0n) is 10.9. The molecule has 0 aromatic heterocycles. The van der Waals surface area contributed by atoms with Crippen LogP contribution in [0, 0.1) is 5.82 Å². The molecule has 0 fully saturated rings. The molecule has 2 aromatic rings. The molecule has 0 saturated carbocycles. The number of carbonyl (C=O) groups excluding carboxylic acids is 1. The fourth-order valence-electron chi connectivity index (χ4n) is 1.84. The van der Waals surface area contributed by atoms with Crippen molar-refractivity contribution in [3.8, 4) is 0 Å². The lowest BCUT2D eigenvalue weighted by molar-refractivity contribution is 0.100. The van der Waals surface area contributed by atoms with Gasteiger partial charge >= 0.3 is 0 Å². The van der Waals surface area contributed by atoms with Gasteiger partial charge in [-0.2, -0.15) is 0 Å². The standard InChI is InChI=1S/C14H13FN2O3S/c15-11-5-6-12(16)13(7-11)21(19,20)8-9-1-3-10(4-2-9)14(17)18/h1-7H,8,16H2,(H2,17,18). The van der Waals surface area contributed by atoms with E-state index in [0.717, 1.165) is 12.1 Å². The van der Waals surface area contributed by atoms with Crippen LogP contribution in [0.5, 0.6) is 0 Å². The Kier molecular flexibility index (Phi) is 3.95. The van der Waals surface area contributed by atoms with Gasteiger partial charge in [0, 0.05) is 5.56 Å². The van der Waals surface area contributed by atoms with E-state index in [2.05, 4.69) is 0 Å². The summed E-state index contributed by atoms with van der Waals surface area (Å²) in [5.41, 5.74) is 11.4. The van der Waals surface area contributed by atoms with Crippen LogP contribution in [0.3, 0.4) is 0 Å². The number of benzene rings is 2. The maximum atomic E-state index is 13.2. The highest BCUT2D eigenvalue weighted by atomic mass is 32.2. The third kappa shape index (κ3) is 3.38. The average molecular weight is 308 g/mol. The van der Waals surface area contributed by atoms with E-state index in [0.29, 0.717) is 5.56 Å². The summed E-state index contributed by atoms with van der Waals surface area (Å²) in [6.07, 6.45) is 0. The van der Waals surface area contributed by atoms with E-state index in [9.17, 15) is 17.6 Å². The van der Waals surface area contributed by atoms with Crippen LogP contribution in [0.4, 0.5) is 10.1 Å². The Bertz CT molecular complexity index is 786. The minimum atomic E-state index is -3.78. The Morgan fingerprint density at radius 1 is 1.10 bits per heavy atom. The predicted octanol–water partition coefficient (Wildman–Crippen LogP) is 1.48. The van der Waals surface area contributed by atoms with Crippen molar-refractivity contribution in [3.63, 3.8) is 0 Å². The van der Waals surface area contributed by atoms with Crippen molar-refractivity contribution in [2.45, 2.75) is 10.6 Å². The Morgan fingerprint density at radius 2 is 1.71 bits per heavy atom. The van der Waals surface area contributed by atoms with Crippen LogP contribution in [-0.4, -0.2) is 14.3 Å². The second-order valence-corrected chi connectivity index (χ2v) is 6.46. The van der Waals surface area contributed by atoms with Crippen molar-refractivity contribution in [3.05, 3.63) is 59.4 Å². The molecule has 2 rings (SSSR count). The summed E-state index contributed by atoms with van der Waals surface area (Å²) in [5, 5.41) is 0. The van der Waals surface area contributed by atoms with Crippen LogP contribution in [0.15, 0.2) is 47.4 Å². The third-order valence-electron chi connectivity index (χ3n) is 2.91. The minimum Gasteiger partial charge on any atom is -0.398 e. The molecule has 0 radical (unpaired) electrons. The Hall–Kier alpha value is -2.41. The van der Waals surface area contributed by atoms with Crippen molar-refractivity contribution in [2.24, 2.45) is 5.73 Å². The van der Waals surface area contributed by atoms with Crippen molar-refractivity contribution in [1.29, 1.82) is 0 Å². The average Bonchev–Trinajstić information content (AvgIpc) is 2.41.